The van der Waals surface area contributed by atoms with E-state index in [2.05, 4.69) is 6.58 Å². The highest BCUT2D eigenvalue weighted by molar-refractivity contribution is 5.54. The van der Waals surface area contributed by atoms with Gasteiger partial charge in [0.25, 0.3) is 0 Å². The van der Waals surface area contributed by atoms with E-state index >= 15 is 0 Å². The Morgan fingerprint density at radius 2 is 1.91 bits per heavy atom. The first-order chi connectivity index (χ1) is 10.7. The fourth-order valence-corrected chi connectivity index (χ4v) is 2.48. The van der Waals surface area contributed by atoms with Crippen LogP contribution in [0.1, 0.15) is 24.0 Å². The summed E-state index contributed by atoms with van der Waals surface area (Å²) in [6.07, 6.45) is 1.69. The van der Waals surface area contributed by atoms with Crippen LogP contribution < -0.4 is 14.2 Å². The monoisotopic (exact) mass is 300 g/mol. The first-order valence-electron chi connectivity index (χ1n) is 7.11. The van der Waals surface area contributed by atoms with Gasteiger partial charge in [-0.25, -0.2) is 4.39 Å². The van der Waals surface area contributed by atoms with Gasteiger partial charge >= 0.3 is 0 Å². The molecule has 0 aromatic heterocycles. The molecule has 2 aromatic rings. The van der Waals surface area contributed by atoms with Crippen molar-refractivity contribution in [2.75, 3.05) is 13.4 Å². The van der Waals surface area contributed by atoms with E-state index in [4.69, 9.17) is 14.2 Å². The summed E-state index contributed by atoms with van der Waals surface area (Å²) < 4.78 is 29.7. The van der Waals surface area contributed by atoms with E-state index in [1.165, 1.54) is 12.1 Å². The molecule has 0 N–H and O–H groups in total. The highest BCUT2D eigenvalue weighted by Gasteiger charge is 2.22. The van der Waals surface area contributed by atoms with Crippen LogP contribution in [0.3, 0.4) is 0 Å². The summed E-state index contributed by atoms with van der Waals surface area (Å²) in [5.74, 6) is 1.89. The second-order valence-corrected chi connectivity index (χ2v) is 5.12. The SMILES string of the molecule is C=CCOc1cc2c(cc1[C@@H](C)c1ccc(F)cc1)OCO2. The Hall–Kier alpha value is -2.49. The van der Waals surface area contributed by atoms with Gasteiger partial charge in [-0.2, -0.15) is 0 Å². The van der Waals surface area contributed by atoms with Crippen LogP contribution in [-0.2, 0) is 0 Å². The van der Waals surface area contributed by atoms with Crippen molar-refractivity contribution >= 4 is 0 Å². The lowest BCUT2D eigenvalue weighted by Gasteiger charge is -2.18. The van der Waals surface area contributed by atoms with Gasteiger partial charge in [0, 0.05) is 17.5 Å². The lowest BCUT2D eigenvalue weighted by Crippen LogP contribution is -2.02. The van der Waals surface area contributed by atoms with Crippen LogP contribution in [0.15, 0.2) is 49.1 Å². The van der Waals surface area contributed by atoms with Crippen LogP contribution >= 0.6 is 0 Å². The smallest absolute Gasteiger partial charge is 0.231 e. The molecule has 1 atom stereocenters. The van der Waals surface area contributed by atoms with Crippen LogP contribution in [0.4, 0.5) is 4.39 Å². The van der Waals surface area contributed by atoms with Gasteiger partial charge in [0.1, 0.15) is 18.2 Å². The van der Waals surface area contributed by atoms with Crippen molar-refractivity contribution in [2.45, 2.75) is 12.8 Å². The zero-order chi connectivity index (χ0) is 15.5. The van der Waals surface area contributed by atoms with Gasteiger partial charge in [-0.05, 0) is 23.8 Å². The summed E-state index contributed by atoms with van der Waals surface area (Å²) in [5, 5.41) is 0. The number of benzene rings is 2. The topological polar surface area (TPSA) is 27.7 Å². The first-order valence-corrected chi connectivity index (χ1v) is 7.11. The van der Waals surface area contributed by atoms with E-state index < -0.39 is 0 Å². The number of fused-ring (bicyclic) bond motifs is 1. The van der Waals surface area contributed by atoms with Crippen molar-refractivity contribution in [3.63, 3.8) is 0 Å². The fourth-order valence-electron chi connectivity index (χ4n) is 2.48. The van der Waals surface area contributed by atoms with E-state index in [0.717, 1.165) is 16.9 Å². The minimum atomic E-state index is -0.246. The van der Waals surface area contributed by atoms with Crippen molar-refractivity contribution in [2.24, 2.45) is 0 Å². The minimum absolute atomic E-state index is 0.0370. The van der Waals surface area contributed by atoms with Crippen molar-refractivity contribution in [1.82, 2.24) is 0 Å². The molecule has 0 fully saturated rings. The predicted molar refractivity (Wildman–Crippen MR) is 82.2 cm³/mol. The quantitative estimate of drug-likeness (QED) is 0.772. The number of hydrogen-bond donors (Lipinski definition) is 0. The highest BCUT2D eigenvalue weighted by atomic mass is 19.1. The summed E-state index contributed by atoms with van der Waals surface area (Å²) in [6.45, 7) is 6.33. The number of hydrogen-bond acceptors (Lipinski definition) is 3. The zero-order valence-corrected chi connectivity index (χ0v) is 12.3. The third kappa shape index (κ3) is 2.77. The zero-order valence-electron chi connectivity index (χ0n) is 12.3. The first kappa shape index (κ1) is 14.4. The Morgan fingerprint density at radius 3 is 2.59 bits per heavy atom. The Balaban J connectivity index is 1.99. The molecule has 0 radical (unpaired) electrons. The molecule has 2 aromatic carbocycles. The average Bonchev–Trinajstić information content (AvgIpc) is 2.99. The van der Waals surface area contributed by atoms with Crippen molar-refractivity contribution < 1.29 is 18.6 Å². The molecule has 1 heterocycles. The third-order valence-electron chi connectivity index (χ3n) is 3.70. The molecule has 3 nitrogen and oxygen atoms in total. The van der Waals surface area contributed by atoms with Crippen LogP contribution in [0.2, 0.25) is 0 Å². The van der Waals surface area contributed by atoms with Gasteiger partial charge in [0.05, 0.1) is 0 Å². The van der Waals surface area contributed by atoms with Gasteiger partial charge < -0.3 is 14.2 Å². The van der Waals surface area contributed by atoms with E-state index in [0.29, 0.717) is 18.1 Å². The molecule has 3 rings (SSSR count). The lowest BCUT2D eigenvalue weighted by atomic mass is 9.92. The molecule has 1 aliphatic rings. The third-order valence-corrected chi connectivity index (χ3v) is 3.70. The molecule has 114 valence electrons. The Kier molecular flexibility index (Phi) is 4.00. The average molecular weight is 300 g/mol. The molecular weight excluding hydrogens is 283 g/mol. The van der Waals surface area contributed by atoms with Gasteiger partial charge in [-0.15, -0.1) is 0 Å². The Bertz CT molecular complexity index is 679. The molecule has 0 saturated heterocycles. The summed E-state index contributed by atoms with van der Waals surface area (Å²) in [4.78, 5) is 0. The molecule has 4 heteroatoms. The van der Waals surface area contributed by atoms with Gasteiger partial charge in [0.15, 0.2) is 11.5 Å². The fraction of sp³-hybridized carbons (Fsp3) is 0.222. The molecule has 1 aliphatic heterocycles. The summed E-state index contributed by atoms with van der Waals surface area (Å²) in [6, 6.07) is 10.2. The summed E-state index contributed by atoms with van der Waals surface area (Å²) in [7, 11) is 0. The Labute approximate surface area is 128 Å². The molecule has 0 saturated carbocycles. The van der Waals surface area contributed by atoms with E-state index in [1.807, 2.05) is 19.1 Å². The molecule has 0 unspecified atom stereocenters. The van der Waals surface area contributed by atoms with Gasteiger partial charge in [-0.1, -0.05) is 31.7 Å². The number of rotatable bonds is 5. The van der Waals surface area contributed by atoms with Crippen LogP contribution in [0.25, 0.3) is 0 Å². The van der Waals surface area contributed by atoms with Gasteiger partial charge in [-0.3, -0.25) is 0 Å². The number of ether oxygens (including phenoxy) is 3. The maximum Gasteiger partial charge on any atom is 0.231 e. The maximum absolute atomic E-state index is 13.1. The molecule has 0 spiro atoms. The summed E-state index contributed by atoms with van der Waals surface area (Å²) >= 11 is 0. The van der Waals surface area contributed by atoms with E-state index in [9.17, 15) is 4.39 Å². The molecule has 0 aliphatic carbocycles. The second-order valence-electron chi connectivity index (χ2n) is 5.12. The van der Waals surface area contributed by atoms with Crippen molar-refractivity contribution in [3.05, 3.63) is 66.0 Å². The molecule has 0 bridgehead atoms. The normalized spacial score (nSPS) is 13.7. The Morgan fingerprint density at radius 1 is 1.23 bits per heavy atom. The number of halogens is 1. The highest BCUT2D eigenvalue weighted by Crippen LogP contribution is 2.42. The maximum atomic E-state index is 13.1. The molecular formula is C18H17FO3. The van der Waals surface area contributed by atoms with Crippen LogP contribution in [-0.4, -0.2) is 13.4 Å². The lowest BCUT2D eigenvalue weighted by molar-refractivity contribution is 0.174. The van der Waals surface area contributed by atoms with Crippen molar-refractivity contribution in [1.29, 1.82) is 0 Å². The van der Waals surface area contributed by atoms with E-state index in [-0.39, 0.29) is 18.5 Å². The largest absolute Gasteiger partial charge is 0.489 e. The molecule has 0 amide bonds. The van der Waals surface area contributed by atoms with Crippen LogP contribution in [0.5, 0.6) is 17.2 Å². The molecule has 22 heavy (non-hydrogen) atoms. The van der Waals surface area contributed by atoms with Gasteiger partial charge in [0.2, 0.25) is 6.79 Å². The van der Waals surface area contributed by atoms with Crippen molar-refractivity contribution in [3.8, 4) is 17.2 Å². The minimum Gasteiger partial charge on any atom is -0.489 e. The van der Waals surface area contributed by atoms with Crippen LogP contribution in [0, 0.1) is 5.82 Å². The van der Waals surface area contributed by atoms with E-state index in [1.54, 1.807) is 18.2 Å². The second kappa shape index (κ2) is 6.10. The standard InChI is InChI=1S/C18H17FO3/c1-3-8-20-16-10-18-17(21-11-22-18)9-15(16)12(2)13-4-6-14(19)7-5-13/h3-7,9-10,12H,1,8,11H2,2H3/t12-/m0/s1. The predicted octanol–water partition coefficient (Wildman–Crippen LogP) is 4.27. The summed E-state index contributed by atoms with van der Waals surface area (Å²) in [5.41, 5.74) is 1.97.